The van der Waals surface area contributed by atoms with Gasteiger partial charge in [0.2, 0.25) is 10.0 Å². The van der Waals surface area contributed by atoms with Crippen LogP contribution < -0.4 is 14.9 Å². The molecule has 1 saturated heterocycles. The summed E-state index contributed by atoms with van der Waals surface area (Å²) in [7, 11) is -2.24. The number of carbonyl (C=O) groups excluding carboxylic acids is 1. The lowest BCUT2D eigenvalue weighted by Crippen LogP contribution is -2.24. The van der Waals surface area contributed by atoms with Gasteiger partial charge in [-0.3, -0.25) is 4.79 Å². The molecule has 0 saturated carbocycles. The molecule has 7 nitrogen and oxygen atoms in total. The summed E-state index contributed by atoms with van der Waals surface area (Å²) in [6.45, 7) is 2.40. The van der Waals surface area contributed by atoms with Crippen LogP contribution in [0.1, 0.15) is 28.8 Å². The standard InChI is InChI=1S/C18H22N4O3S/c1-19-26(24,25)16-6-4-5-15(11-16)18(23)21-13-14-7-8-17(20-12-14)22-9-2-3-10-22/h4-8,11-12,19H,2-3,9-10,13H2,1H3,(H,21,23). The van der Waals surface area contributed by atoms with Gasteiger partial charge in [0.25, 0.3) is 5.91 Å². The van der Waals surface area contributed by atoms with Gasteiger partial charge < -0.3 is 10.2 Å². The van der Waals surface area contributed by atoms with Crippen molar-refractivity contribution in [3.63, 3.8) is 0 Å². The van der Waals surface area contributed by atoms with Crippen LogP contribution in [0.4, 0.5) is 5.82 Å². The molecule has 0 unspecified atom stereocenters. The second-order valence-electron chi connectivity index (χ2n) is 6.14. The fourth-order valence-electron chi connectivity index (χ4n) is 2.86. The third-order valence-electron chi connectivity index (χ3n) is 4.37. The third kappa shape index (κ3) is 4.20. The van der Waals surface area contributed by atoms with Crippen LogP contribution in [0.3, 0.4) is 0 Å². The number of carbonyl (C=O) groups is 1. The van der Waals surface area contributed by atoms with Crippen molar-refractivity contribution in [2.24, 2.45) is 0 Å². The summed E-state index contributed by atoms with van der Waals surface area (Å²) < 4.78 is 25.9. The number of sulfonamides is 1. The first-order chi connectivity index (χ1) is 12.5. The van der Waals surface area contributed by atoms with Gasteiger partial charge in [0.1, 0.15) is 5.82 Å². The molecule has 26 heavy (non-hydrogen) atoms. The first-order valence-electron chi connectivity index (χ1n) is 8.51. The second kappa shape index (κ2) is 7.84. The summed E-state index contributed by atoms with van der Waals surface area (Å²) in [6, 6.07) is 9.85. The summed E-state index contributed by atoms with van der Waals surface area (Å²) in [5.41, 5.74) is 1.18. The van der Waals surface area contributed by atoms with Crippen LogP contribution in [-0.4, -0.2) is 39.4 Å². The van der Waals surface area contributed by atoms with Crippen molar-refractivity contribution in [2.75, 3.05) is 25.0 Å². The molecule has 1 amide bonds. The Labute approximate surface area is 153 Å². The number of rotatable bonds is 6. The lowest BCUT2D eigenvalue weighted by atomic mass is 10.2. The Morgan fingerprint density at radius 1 is 1.19 bits per heavy atom. The second-order valence-corrected chi connectivity index (χ2v) is 8.02. The smallest absolute Gasteiger partial charge is 0.251 e. The molecule has 0 aliphatic carbocycles. The number of nitrogens with zero attached hydrogens (tertiary/aromatic N) is 2. The largest absolute Gasteiger partial charge is 0.357 e. The Bertz CT molecular complexity index is 876. The van der Waals surface area contributed by atoms with Crippen LogP contribution in [-0.2, 0) is 16.6 Å². The summed E-state index contributed by atoms with van der Waals surface area (Å²) in [5.74, 6) is 0.629. The molecular formula is C18H22N4O3S. The summed E-state index contributed by atoms with van der Waals surface area (Å²) in [6.07, 6.45) is 4.15. The Hall–Kier alpha value is -2.45. The van der Waals surface area contributed by atoms with Gasteiger partial charge in [-0.25, -0.2) is 18.1 Å². The molecule has 0 atom stereocenters. The van der Waals surface area contributed by atoms with Crippen molar-refractivity contribution in [2.45, 2.75) is 24.3 Å². The Morgan fingerprint density at radius 3 is 2.62 bits per heavy atom. The molecule has 0 bridgehead atoms. The van der Waals surface area contributed by atoms with Crippen molar-refractivity contribution in [3.05, 3.63) is 53.7 Å². The molecule has 2 aromatic rings. The number of nitrogens with one attached hydrogen (secondary N) is 2. The number of amides is 1. The Morgan fingerprint density at radius 2 is 1.96 bits per heavy atom. The van der Waals surface area contributed by atoms with E-state index in [1.165, 1.54) is 32.0 Å². The van der Waals surface area contributed by atoms with Crippen LogP contribution in [0.15, 0.2) is 47.5 Å². The molecule has 8 heteroatoms. The number of hydrogen-bond donors (Lipinski definition) is 2. The maximum absolute atomic E-state index is 12.3. The van der Waals surface area contributed by atoms with E-state index < -0.39 is 10.0 Å². The average molecular weight is 374 g/mol. The molecule has 2 N–H and O–H groups in total. The van der Waals surface area contributed by atoms with E-state index in [-0.39, 0.29) is 10.8 Å². The average Bonchev–Trinajstić information content (AvgIpc) is 3.21. The van der Waals surface area contributed by atoms with Crippen molar-refractivity contribution in [1.29, 1.82) is 0 Å². The van der Waals surface area contributed by atoms with Gasteiger partial charge in [-0.2, -0.15) is 0 Å². The van der Waals surface area contributed by atoms with Gasteiger partial charge in [0, 0.05) is 31.4 Å². The summed E-state index contributed by atoms with van der Waals surface area (Å²) in [4.78, 5) is 19.1. The van der Waals surface area contributed by atoms with Crippen LogP contribution in [0.25, 0.3) is 0 Å². The highest BCUT2D eigenvalue weighted by Gasteiger charge is 2.15. The quantitative estimate of drug-likeness (QED) is 0.800. The SMILES string of the molecule is CNS(=O)(=O)c1cccc(C(=O)NCc2ccc(N3CCCC3)nc2)c1. The predicted octanol–water partition coefficient (Wildman–Crippen LogP) is 1.52. The monoisotopic (exact) mass is 374 g/mol. The van der Waals surface area contributed by atoms with E-state index in [4.69, 9.17) is 0 Å². The molecular weight excluding hydrogens is 352 g/mol. The summed E-state index contributed by atoms with van der Waals surface area (Å²) >= 11 is 0. The summed E-state index contributed by atoms with van der Waals surface area (Å²) in [5, 5.41) is 2.79. The van der Waals surface area contributed by atoms with Crippen LogP contribution in [0, 0.1) is 0 Å². The van der Waals surface area contributed by atoms with Crippen molar-refractivity contribution < 1.29 is 13.2 Å². The van der Waals surface area contributed by atoms with E-state index in [1.807, 2.05) is 12.1 Å². The highest BCUT2D eigenvalue weighted by atomic mass is 32.2. The number of pyridine rings is 1. The molecule has 3 rings (SSSR count). The fraction of sp³-hybridized carbons (Fsp3) is 0.333. The highest BCUT2D eigenvalue weighted by molar-refractivity contribution is 7.89. The normalized spacial score (nSPS) is 14.4. The topological polar surface area (TPSA) is 91.4 Å². The molecule has 1 fully saturated rings. The van der Waals surface area contributed by atoms with Gasteiger partial charge in [0.05, 0.1) is 4.90 Å². The highest BCUT2D eigenvalue weighted by Crippen LogP contribution is 2.17. The maximum atomic E-state index is 12.3. The first kappa shape index (κ1) is 18.3. The van der Waals surface area contributed by atoms with E-state index in [9.17, 15) is 13.2 Å². The van der Waals surface area contributed by atoms with Crippen LogP contribution >= 0.6 is 0 Å². The molecule has 2 heterocycles. The minimum absolute atomic E-state index is 0.0595. The molecule has 1 aliphatic rings. The number of aromatic nitrogens is 1. The van der Waals surface area contributed by atoms with Gasteiger partial charge in [-0.1, -0.05) is 12.1 Å². The number of anilines is 1. The number of benzene rings is 1. The minimum atomic E-state index is -3.58. The zero-order valence-electron chi connectivity index (χ0n) is 14.6. The molecule has 1 aliphatic heterocycles. The minimum Gasteiger partial charge on any atom is -0.357 e. The van der Waals surface area contributed by atoms with Crippen LogP contribution in [0.2, 0.25) is 0 Å². The van der Waals surface area contributed by atoms with E-state index in [2.05, 4.69) is 19.9 Å². The molecule has 138 valence electrons. The van der Waals surface area contributed by atoms with E-state index in [0.717, 1.165) is 24.5 Å². The zero-order valence-corrected chi connectivity index (χ0v) is 15.4. The molecule has 1 aromatic heterocycles. The lowest BCUT2D eigenvalue weighted by Gasteiger charge is -2.16. The molecule has 1 aromatic carbocycles. The first-order valence-corrected chi connectivity index (χ1v) is 9.99. The Kier molecular flexibility index (Phi) is 5.53. The fourth-order valence-corrected chi connectivity index (χ4v) is 3.64. The van der Waals surface area contributed by atoms with Gasteiger partial charge in [-0.15, -0.1) is 0 Å². The van der Waals surface area contributed by atoms with Gasteiger partial charge in [-0.05, 0) is 49.7 Å². The molecule has 0 spiro atoms. The van der Waals surface area contributed by atoms with Crippen molar-refractivity contribution >= 4 is 21.7 Å². The zero-order chi connectivity index (χ0) is 18.6. The third-order valence-corrected chi connectivity index (χ3v) is 5.78. The van der Waals surface area contributed by atoms with Gasteiger partial charge in [0.15, 0.2) is 0 Å². The number of hydrogen-bond acceptors (Lipinski definition) is 5. The van der Waals surface area contributed by atoms with E-state index in [0.29, 0.717) is 12.1 Å². The van der Waals surface area contributed by atoms with Crippen LogP contribution in [0.5, 0.6) is 0 Å². The van der Waals surface area contributed by atoms with Crippen molar-refractivity contribution in [3.8, 4) is 0 Å². The van der Waals surface area contributed by atoms with E-state index in [1.54, 1.807) is 18.3 Å². The van der Waals surface area contributed by atoms with Gasteiger partial charge >= 0.3 is 0 Å². The lowest BCUT2D eigenvalue weighted by molar-refractivity contribution is 0.0950. The predicted molar refractivity (Wildman–Crippen MR) is 99.5 cm³/mol. The molecule has 0 radical (unpaired) electrons. The Balaban J connectivity index is 1.63. The van der Waals surface area contributed by atoms with Crippen molar-refractivity contribution in [1.82, 2.24) is 15.0 Å². The van der Waals surface area contributed by atoms with E-state index >= 15 is 0 Å². The maximum Gasteiger partial charge on any atom is 0.251 e.